The van der Waals surface area contributed by atoms with Crippen molar-refractivity contribution in [2.75, 3.05) is 20.0 Å². The van der Waals surface area contributed by atoms with Gasteiger partial charge in [0, 0.05) is 23.8 Å². The average Bonchev–Trinajstić information content (AvgIpc) is 3.01. The van der Waals surface area contributed by atoms with Crippen molar-refractivity contribution in [3.63, 3.8) is 0 Å². The molecule has 0 radical (unpaired) electrons. The molecule has 0 N–H and O–H groups in total. The van der Waals surface area contributed by atoms with E-state index < -0.39 is 41.5 Å². The van der Waals surface area contributed by atoms with Gasteiger partial charge < -0.3 is 23.7 Å². The number of benzene rings is 4. The highest BCUT2D eigenvalue weighted by atomic mass is 19.3. The maximum absolute atomic E-state index is 15.1. The summed E-state index contributed by atoms with van der Waals surface area (Å²) in [4.78, 5) is 0. The zero-order valence-corrected chi connectivity index (χ0v) is 24.5. The number of halogens is 7. The SMILES string of the molecule is CCOCOC1CCC(c2ccc(-c3ccc(C(F)(F)Oc4ccc(-c5ccc(OC(F)F)cc5)c(F)c4)c(F)c3)c(F)c2)OC1. The first kappa shape index (κ1) is 33.2. The summed E-state index contributed by atoms with van der Waals surface area (Å²) in [7, 11) is 0. The molecule has 1 aliphatic rings. The van der Waals surface area contributed by atoms with Crippen LogP contribution in [0, 0.1) is 17.5 Å². The van der Waals surface area contributed by atoms with Crippen LogP contribution >= 0.6 is 0 Å². The highest BCUT2D eigenvalue weighted by Gasteiger charge is 2.38. The van der Waals surface area contributed by atoms with Gasteiger partial charge in [0.1, 0.15) is 35.7 Å². The summed E-state index contributed by atoms with van der Waals surface area (Å²) in [5.41, 5.74) is -0.286. The third-order valence-corrected chi connectivity index (χ3v) is 7.36. The fourth-order valence-corrected chi connectivity index (χ4v) is 5.05. The minimum Gasteiger partial charge on any atom is -0.435 e. The van der Waals surface area contributed by atoms with Crippen molar-refractivity contribution in [2.24, 2.45) is 0 Å². The van der Waals surface area contributed by atoms with Gasteiger partial charge in [-0.2, -0.15) is 17.6 Å². The Labute approximate surface area is 260 Å². The van der Waals surface area contributed by atoms with Gasteiger partial charge in [0.05, 0.1) is 24.4 Å². The lowest BCUT2D eigenvalue weighted by Crippen LogP contribution is -2.28. The van der Waals surface area contributed by atoms with E-state index >= 15 is 17.6 Å². The maximum Gasteiger partial charge on any atom is 0.429 e. The Morgan fingerprint density at radius 1 is 0.783 bits per heavy atom. The molecule has 0 spiro atoms. The average molecular weight is 651 g/mol. The zero-order chi connectivity index (χ0) is 32.8. The molecular formula is C34H29F7O5. The molecule has 2 atom stereocenters. The molecule has 0 saturated carbocycles. The van der Waals surface area contributed by atoms with Crippen LogP contribution in [0.1, 0.15) is 37.0 Å². The van der Waals surface area contributed by atoms with Crippen molar-refractivity contribution in [3.8, 4) is 33.8 Å². The summed E-state index contributed by atoms with van der Waals surface area (Å²) in [5, 5.41) is 0. The van der Waals surface area contributed by atoms with E-state index in [1.165, 1.54) is 36.4 Å². The number of hydrogen-bond donors (Lipinski definition) is 0. The van der Waals surface area contributed by atoms with Crippen molar-refractivity contribution < 1.29 is 54.4 Å². The minimum atomic E-state index is -4.21. The molecule has 0 amide bonds. The number of hydrogen-bond acceptors (Lipinski definition) is 5. The third-order valence-electron chi connectivity index (χ3n) is 7.36. The highest BCUT2D eigenvalue weighted by molar-refractivity contribution is 5.66. The van der Waals surface area contributed by atoms with E-state index in [9.17, 15) is 13.2 Å². The van der Waals surface area contributed by atoms with Gasteiger partial charge in [0.25, 0.3) is 0 Å². The molecule has 1 saturated heterocycles. The summed E-state index contributed by atoms with van der Waals surface area (Å²) in [6, 6.07) is 15.0. The van der Waals surface area contributed by atoms with Crippen molar-refractivity contribution >= 4 is 0 Å². The monoisotopic (exact) mass is 650 g/mol. The maximum atomic E-state index is 15.1. The van der Waals surface area contributed by atoms with Crippen LogP contribution in [-0.4, -0.2) is 32.7 Å². The molecule has 5 nitrogen and oxygen atoms in total. The van der Waals surface area contributed by atoms with Crippen LogP contribution in [0.5, 0.6) is 11.5 Å². The Balaban J connectivity index is 1.25. The lowest BCUT2D eigenvalue weighted by atomic mass is 9.96. The van der Waals surface area contributed by atoms with Crippen LogP contribution in [0.3, 0.4) is 0 Å². The van der Waals surface area contributed by atoms with Crippen LogP contribution in [0.15, 0.2) is 78.9 Å². The lowest BCUT2D eigenvalue weighted by molar-refractivity contribution is -0.187. The fourth-order valence-electron chi connectivity index (χ4n) is 5.05. The molecular weight excluding hydrogens is 621 g/mol. The van der Waals surface area contributed by atoms with E-state index in [-0.39, 0.29) is 47.0 Å². The Kier molecular flexibility index (Phi) is 10.5. The predicted octanol–water partition coefficient (Wildman–Crippen LogP) is 9.40. The summed E-state index contributed by atoms with van der Waals surface area (Å²) >= 11 is 0. The molecule has 5 rings (SSSR count). The standard InChI is InChI=1S/C34H29F7O5/c1-2-42-19-44-25-10-14-32(43-18-25)22-5-11-27(29(35)16-22)21-6-13-28(31(37)15-21)34(40,41)46-24-9-12-26(30(36)17-24)20-3-7-23(8-4-20)45-33(38)39/h3-9,11-13,15-17,25,32-33H,2,10,14,18-19H2,1H3. The highest BCUT2D eigenvalue weighted by Crippen LogP contribution is 2.38. The fraction of sp³-hybridized carbons (Fsp3) is 0.294. The van der Waals surface area contributed by atoms with E-state index in [0.29, 0.717) is 37.7 Å². The molecule has 0 aromatic heterocycles. The molecule has 1 aliphatic heterocycles. The Morgan fingerprint density at radius 3 is 2.09 bits per heavy atom. The van der Waals surface area contributed by atoms with Crippen LogP contribution in [-0.2, 0) is 20.3 Å². The Morgan fingerprint density at radius 2 is 1.46 bits per heavy atom. The molecule has 244 valence electrons. The number of ether oxygens (including phenoxy) is 5. The second-order valence-corrected chi connectivity index (χ2v) is 10.4. The molecule has 12 heteroatoms. The van der Waals surface area contributed by atoms with Gasteiger partial charge in [0.15, 0.2) is 0 Å². The first-order chi connectivity index (χ1) is 22.0. The van der Waals surface area contributed by atoms with Crippen LogP contribution in [0.25, 0.3) is 22.3 Å². The Bertz CT molecular complexity index is 1620. The zero-order valence-electron chi connectivity index (χ0n) is 24.5. The molecule has 2 unspecified atom stereocenters. The van der Waals surface area contributed by atoms with Crippen LogP contribution in [0.2, 0.25) is 0 Å². The van der Waals surface area contributed by atoms with E-state index in [2.05, 4.69) is 9.47 Å². The third kappa shape index (κ3) is 7.98. The predicted molar refractivity (Wildman–Crippen MR) is 154 cm³/mol. The summed E-state index contributed by atoms with van der Waals surface area (Å²) in [6.45, 7) is -0.155. The van der Waals surface area contributed by atoms with Gasteiger partial charge in [0.2, 0.25) is 0 Å². The van der Waals surface area contributed by atoms with Gasteiger partial charge in [-0.25, -0.2) is 13.2 Å². The van der Waals surface area contributed by atoms with Crippen molar-refractivity contribution in [2.45, 2.75) is 44.7 Å². The normalized spacial score (nSPS) is 16.9. The van der Waals surface area contributed by atoms with E-state index in [0.717, 1.165) is 30.3 Å². The summed E-state index contributed by atoms with van der Waals surface area (Å²) in [5.74, 6) is -3.72. The van der Waals surface area contributed by atoms with Crippen molar-refractivity contribution in [1.29, 1.82) is 0 Å². The van der Waals surface area contributed by atoms with E-state index in [1.54, 1.807) is 6.07 Å². The largest absolute Gasteiger partial charge is 0.435 e. The second-order valence-electron chi connectivity index (χ2n) is 10.4. The quantitative estimate of drug-likeness (QED) is 0.0869. The van der Waals surface area contributed by atoms with Crippen LogP contribution < -0.4 is 9.47 Å². The molecule has 4 aromatic carbocycles. The minimum absolute atomic E-state index is 0.00127. The van der Waals surface area contributed by atoms with E-state index in [1.807, 2.05) is 6.92 Å². The molecule has 0 aliphatic carbocycles. The number of alkyl halides is 4. The van der Waals surface area contributed by atoms with Gasteiger partial charge >= 0.3 is 12.7 Å². The first-order valence-electron chi connectivity index (χ1n) is 14.4. The smallest absolute Gasteiger partial charge is 0.429 e. The van der Waals surface area contributed by atoms with Gasteiger partial charge in [-0.05, 0) is 78.9 Å². The van der Waals surface area contributed by atoms with Gasteiger partial charge in [-0.3, -0.25) is 0 Å². The lowest BCUT2D eigenvalue weighted by Gasteiger charge is -2.29. The molecule has 0 bridgehead atoms. The molecule has 4 aromatic rings. The summed E-state index contributed by atoms with van der Waals surface area (Å²) < 4.78 is 125. The van der Waals surface area contributed by atoms with Gasteiger partial charge in [-0.1, -0.05) is 30.3 Å². The summed E-state index contributed by atoms with van der Waals surface area (Å²) in [6.07, 6.45) is -3.42. The van der Waals surface area contributed by atoms with E-state index in [4.69, 9.17) is 14.2 Å². The van der Waals surface area contributed by atoms with Crippen molar-refractivity contribution in [1.82, 2.24) is 0 Å². The van der Waals surface area contributed by atoms with Crippen molar-refractivity contribution in [3.05, 3.63) is 107 Å². The number of rotatable bonds is 12. The van der Waals surface area contributed by atoms with Gasteiger partial charge in [-0.15, -0.1) is 0 Å². The molecule has 1 fully saturated rings. The first-order valence-corrected chi connectivity index (χ1v) is 14.4. The topological polar surface area (TPSA) is 46.2 Å². The Hall–Kier alpha value is -4.13. The molecule has 1 heterocycles. The second kappa shape index (κ2) is 14.5. The molecule has 46 heavy (non-hydrogen) atoms. The van der Waals surface area contributed by atoms with Crippen LogP contribution in [0.4, 0.5) is 30.7 Å².